The zero-order chi connectivity index (χ0) is 13.4. The fourth-order valence-electron chi connectivity index (χ4n) is 1.85. The smallest absolute Gasteiger partial charge is 0.330 e. The van der Waals surface area contributed by atoms with Crippen molar-refractivity contribution in [2.24, 2.45) is 0 Å². The van der Waals surface area contributed by atoms with E-state index < -0.39 is 42.5 Å². The van der Waals surface area contributed by atoms with Crippen LogP contribution in [0, 0.1) is 6.92 Å². The molecule has 1 aliphatic rings. The number of H-pyrrole nitrogens is 1. The zero-order valence-electron chi connectivity index (χ0n) is 9.54. The minimum atomic E-state index is -1.86. The molecule has 1 fully saturated rings. The summed E-state index contributed by atoms with van der Waals surface area (Å²) in [7, 11) is 0. The van der Waals surface area contributed by atoms with Crippen molar-refractivity contribution in [1.82, 2.24) is 9.55 Å². The number of halogens is 1. The molecule has 0 radical (unpaired) electrons. The molecule has 0 spiro atoms. The zero-order valence-corrected chi connectivity index (χ0v) is 9.54. The summed E-state index contributed by atoms with van der Waals surface area (Å²) < 4.78 is 19.7. The second-order valence-corrected chi connectivity index (χ2v) is 4.16. The van der Waals surface area contributed by atoms with Gasteiger partial charge < -0.3 is 14.9 Å². The van der Waals surface area contributed by atoms with Crippen molar-refractivity contribution < 1.29 is 19.3 Å². The molecule has 7 nitrogen and oxygen atoms in total. The highest BCUT2D eigenvalue weighted by Gasteiger charge is 2.45. The van der Waals surface area contributed by atoms with Crippen molar-refractivity contribution in [3.63, 3.8) is 0 Å². The van der Waals surface area contributed by atoms with Crippen LogP contribution in [0.5, 0.6) is 0 Å². The predicted octanol–water partition coefficient (Wildman–Crippen LogP) is -1.57. The summed E-state index contributed by atoms with van der Waals surface area (Å²) in [5.74, 6) is 0. The third-order valence-corrected chi connectivity index (χ3v) is 2.89. The molecule has 1 aliphatic heterocycles. The van der Waals surface area contributed by atoms with Gasteiger partial charge in [0.2, 0.25) is 0 Å². The first-order valence-corrected chi connectivity index (χ1v) is 5.36. The topological polar surface area (TPSA) is 105 Å². The maximum atomic E-state index is 13.8. The Morgan fingerprint density at radius 1 is 1.56 bits per heavy atom. The third kappa shape index (κ3) is 1.98. The number of ether oxygens (including phenoxy) is 1. The molecule has 8 heteroatoms. The Labute approximate surface area is 100 Å². The first-order chi connectivity index (χ1) is 8.45. The molecule has 0 saturated carbocycles. The SMILES string of the molecule is Cc1cn([C@H]2O[C@H](CO)[C@H](O)[C@H]2F)c(=O)[nH]c1=O. The Morgan fingerprint density at radius 3 is 2.78 bits per heavy atom. The molecule has 0 unspecified atom stereocenters. The number of aromatic nitrogens is 2. The average Bonchev–Trinajstić information content (AvgIpc) is 2.61. The van der Waals surface area contributed by atoms with Crippen molar-refractivity contribution in [3.05, 3.63) is 32.6 Å². The normalized spacial score (nSPS) is 31.8. The van der Waals surface area contributed by atoms with Crippen LogP contribution in [-0.4, -0.2) is 44.8 Å². The van der Waals surface area contributed by atoms with Crippen LogP contribution in [0.25, 0.3) is 0 Å². The van der Waals surface area contributed by atoms with E-state index in [1.165, 1.54) is 6.92 Å². The Kier molecular flexibility index (Phi) is 3.33. The molecule has 1 aromatic heterocycles. The number of hydrogen-bond acceptors (Lipinski definition) is 5. The van der Waals surface area contributed by atoms with Gasteiger partial charge in [-0.05, 0) is 6.92 Å². The molecule has 2 heterocycles. The number of aliphatic hydroxyl groups excluding tert-OH is 2. The van der Waals surface area contributed by atoms with E-state index in [0.717, 1.165) is 10.8 Å². The lowest BCUT2D eigenvalue weighted by Gasteiger charge is -2.15. The highest BCUT2D eigenvalue weighted by Crippen LogP contribution is 2.30. The summed E-state index contributed by atoms with van der Waals surface area (Å²) in [5.41, 5.74) is -1.18. The number of rotatable bonds is 2. The number of alkyl halides is 1. The molecular weight excluding hydrogens is 247 g/mol. The van der Waals surface area contributed by atoms with Crippen LogP contribution in [0.3, 0.4) is 0 Å². The second-order valence-electron chi connectivity index (χ2n) is 4.16. The molecule has 0 aromatic carbocycles. The summed E-state index contributed by atoms with van der Waals surface area (Å²) in [6.07, 6.45) is -4.67. The van der Waals surface area contributed by atoms with Gasteiger partial charge in [0.15, 0.2) is 12.4 Å². The first-order valence-electron chi connectivity index (χ1n) is 5.36. The van der Waals surface area contributed by atoms with E-state index in [0.29, 0.717) is 0 Å². The van der Waals surface area contributed by atoms with Crippen LogP contribution in [0.4, 0.5) is 4.39 Å². The fourth-order valence-corrected chi connectivity index (χ4v) is 1.85. The van der Waals surface area contributed by atoms with Gasteiger partial charge in [-0.25, -0.2) is 9.18 Å². The number of nitrogens with one attached hydrogen (secondary N) is 1. The van der Waals surface area contributed by atoms with E-state index in [-0.39, 0.29) is 5.56 Å². The van der Waals surface area contributed by atoms with Crippen LogP contribution in [-0.2, 0) is 4.74 Å². The molecule has 1 saturated heterocycles. The van der Waals surface area contributed by atoms with Crippen molar-refractivity contribution in [1.29, 1.82) is 0 Å². The quantitative estimate of drug-likeness (QED) is 0.596. The van der Waals surface area contributed by atoms with Crippen LogP contribution >= 0.6 is 0 Å². The van der Waals surface area contributed by atoms with E-state index in [9.17, 15) is 19.1 Å². The highest BCUT2D eigenvalue weighted by atomic mass is 19.1. The monoisotopic (exact) mass is 260 g/mol. The van der Waals surface area contributed by atoms with Gasteiger partial charge >= 0.3 is 5.69 Å². The van der Waals surface area contributed by atoms with E-state index in [2.05, 4.69) is 0 Å². The Bertz CT molecular complexity index is 554. The second kappa shape index (κ2) is 4.63. The van der Waals surface area contributed by atoms with E-state index in [1.807, 2.05) is 4.98 Å². The molecule has 4 atom stereocenters. The number of aromatic amines is 1. The standard InChI is InChI=1S/C10H13FN2O5/c1-4-2-13(10(17)12-8(4)16)9-6(11)7(15)5(3-14)18-9/h2,5-7,9,14-15H,3H2,1H3,(H,12,16,17)/t5-,6-,7+,9+/m1/s1. The highest BCUT2D eigenvalue weighted by molar-refractivity contribution is 5.03. The van der Waals surface area contributed by atoms with E-state index in [1.54, 1.807) is 0 Å². The van der Waals surface area contributed by atoms with Crippen LogP contribution in [0.2, 0.25) is 0 Å². The van der Waals surface area contributed by atoms with Crippen molar-refractivity contribution >= 4 is 0 Å². The molecular formula is C10H13FN2O5. The molecule has 0 bridgehead atoms. The van der Waals surface area contributed by atoms with Gasteiger partial charge in [0.25, 0.3) is 5.56 Å². The van der Waals surface area contributed by atoms with Crippen LogP contribution in [0.1, 0.15) is 11.8 Å². The van der Waals surface area contributed by atoms with E-state index in [4.69, 9.17) is 9.84 Å². The molecule has 3 N–H and O–H groups in total. The Morgan fingerprint density at radius 2 is 2.22 bits per heavy atom. The minimum Gasteiger partial charge on any atom is -0.394 e. The molecule has 18 heavy (non-hydrogen) atoms. The van der Waals surface area contributed by atoms with Gasteiger partial charge in [-0.3, -0.25) is 14.3 Å². The van der Waals surface area contributed by atoms with Crippen molar-refractivity contribution in [2.75, 3.05) is 6.61 Å². The lowest BCUT2D eigenvalue weighted by molar-refractivity contribution is -0.0492. The lowest BCUT2D eigenvalue weighted by atomic mass is 10.1. The summed E-state index contributed by atoms with van der Waals surface area (Å²) in [4.78, 5) is 24.7. The average molecular weight is 260 g/mol. The molecule has 100 valence electrons. The van der Waals surface area contributed by atoms with Gasteiger partial charge in [-0.2, -0.15) is 0 Å². The maximum Gasteiger partial charge on any atom is 0.330 e. The minimum absolute atomic E-state index is 0.215. The first kappa shape index (κ1) is 12.9. The number of aliphatic hydroxyl groups is 2. The van der Waals surface area contributed by atoms with Crippen LogP contribution in [0.15, 0.2) is 15.8 Å². The van der Waals surface area contributed by atoms with Gasteiger partial charge in [0.05, 0.1) is 6.61 Å². The van der Waals surface area contributed by atoms with Crippen molar-refractivity contribution in [3.8, 4) is 0 Å². The maximum absolute atomic E-state index is 13.8. The fraction of sp³-hybridized carbons (Fsp3) is 0.600. The third-order valence-electron chi connectivity index (χ3n) is 2.89. The number of nitrogens with zero attached hydrogens (tertiary/aromatic N) is 1. The van der Waals surface area contributed by atoms with Gasteiger partial charge in [-0.15, -0.1) is 0 Å². The van der Waals surface area contributed by atoms with Gasteiger partial charge in [0, 0.05) is 11.8 Å². The summed E-state index contributed by atoms with van der Waals surface area (Å²) in [6.45, 7) is 0.895. The Hall–Kier alpha value is -1.51. The van der Waals surface area contributed by atoms with Crippen LogP contribution < -0.4 is 11.2 Å². The molecule has 0 aliphatic carbocycles. The summed E-state index contributed by atoms with van der Waals surface area (Å²) >= 11 is 0. The van der Waals surface area contributed by atoms with E-state index >= 15 is 0 Å². The van der Waals surface area contributed by atoms with Gasteiger partial charge in [-0.1, -0.05) is 0 Å². The summed E-state index contributed by atoms with van der Waals surface area (Å²) in [5, 5.41) is 18.3. The summed E-state index contributed by atoms with van der Waals surface area (Å²) in [6, 6.07) is 0. The number of aryl methyl sites for hydroxylation is 1. The molecule has 0 amide bonds. The molecule has 2 rings (SSSR count). The largest absolute Gasteiger partial charge is 0.394 e. The number of hydrogen-bond donors (Lipinski definition) is 3. The molecule has 1 aromatic rings. The van der Waals surface area contributed by atoms with Crippen molar-refractivity contribution in [2.45, 2.75) is 31.5 Å². The Balaban J connectivity index is 2.42. The predicted molar refractivity (Wildman–Crippen MR) is 58.0 cm³/mol. The van der Waals surface area contributed by atoms with Gasteiger partial charge in [0.1, 0.15) is 12.2 Å². The lowest BCUT2D eigenvalue weighted by Crippen LogP contribution is -2.36.